The molecule has 2 aromatic carbocycles. The van der Waals surface area contributed by atoms with Gasteiger partial charge in [-0.1, -0.05) is 6.07 Å². The summed E-state index contributed by atoms with van der Waals surface area (Å²) >= 11 is 2.18. The van der Waals surface area contributed by atoms with E-state index in [9.17, 15) is 8.42 Å². The van der Waals surface area contributed by atoms with Gasteiger partial charge in [-0.25, -0.2) is 8.42 Å². The smallest absolute Gasteiger partial charge is 0.181 e. The van der Waals surface area contributed by atoms with Crippen molar-refractivity contribution in [2.75, 3.05) is 12.4 Å². The molecule has 6 heteroatoms. The monoisotopic (exact) mass is 413 g/mol. The number of benzene rings is 2. The van der Waals surface area contributed by atoms with E-state index in [1.165, 1.54) is 12.1 Å². The lowest BCUT2D eigenvalue weighted by Gasteiger charge is -2.07. The van der Waals surface area contributed by atoms with Crippen LogP contribution in [0.1, 0.15) is 5.56 Å². The van der Waals surface area contributed by atoms with Crippen molar-refractivity contribution in [1.82, 2.24) is 0 Å². The number of rotatable bonds is 5. The zero-order valence-corrected chi connectivity index (χ0v) is 14.0. The number of hydrogen-bond donors (Lipinski definition) is 0. The standard InChI is InChI=1S/C15H12INO3S/c16-13-4-6-14(7-5-13)20-8-9-21(18,19)15-3-1-2-12(10-15)11-17/h1-7,10H,8-9H2. The predicted octanol–water partition coefficient (Wildman–Crippen LogP) is 3.02. The number of nitriles is 1. The first-order chi connectivity index (χ1) is 10.0. The van der Waals surface area contributed by atoms with Crippen molar-refractivity contribution >= 4 is 32.4 Å². The van der Waals surface area contributed by atoms with E-state index in [4.69, 9.17) is 10.00 Å². The molecule has 0 saturated heterocycles. The van der Waals surface area contributed by atoms with Crippen LogP contribution in [-0.4, -0.2) is 20.8 Å². The Balaban J connectivity index is 2.01. The van der Waals surface area contributed by atoms with E-state index in [0.29, 0.717) is 11.3 Å². The van der Waals surface area contributed by atoms with Gasteiger partial charge >= 0.3 is 0 Å². The minimum absolute atomic E-state index is 0.0692. The quantitative estimate of drug-likeness (QED) is 0.707. The molecule has 0 atom stereocenters. The average Bonchev–Trinajstić information content (AvgIpc) is 2.49. The molecule has 0 heterocycles. The van der Waals surface area contributed by atoms with E-state index in [1.807, 2.05) is 18.2 Å². The molecule has 0 aliphatic carbocycles. The summed E-state index contributed by atoms with van der Waals surface area (Å²) in [6.45, 7) is 0.0692. The molecule has 2 rings (SSSR count). The van der Waals surface area contributed by atoms with Gasteiger partial charge in [0, 0.05) is 3.57 Å². The Labute approximate surface area is 137 Å². The molecule has 108 valence electrons. The van der Waals surface area contributed by atoms with Gasteiger partial charge in [0.1, 0.15) is 12.4 Å². The fraction of sp³-hybridized carbons (Fsp3) is 0.133. The Morgan fingerprint density at radius 1 is 1.14 bits per heavy atom. The van der Waals surface area contributed by atoms with Crippen molar-refractivity contribution in [3.63, 3.8) is 0 Å². The third-order valence-corrected chi connectivity index (χ3v) is 5.15. The van der Waals surface area contributed by atoms with Crippen molar-refractivity contribution in [3.05, 3.63) is 57.7 Å². The van der Waals surface area contributed by atoms with Gasteiger partial charge in [-0.05, 0) is 65.1 Å². The van der Waals surface area contributed by atoms with Crippen LogP contribution >= 0.6 is 22.6 Å². The third kappa shape index (κ3) is 4.44. The van der Waals surface area contributed by atoms with Crippen LogP contribution in [-0.2, 0) is 9.84 Å². The maximum Gasteiger partial charge on any atom is 0.181 e. The number of halogens is 1. The van der Waals surface area contributed by atoms with E-state index in [-0.39, 0.29) is 17.3 Å². The summed E-state index contributed by atoms with van der Waals surface area (Å²) in [7, 11) is -3.45. The van der Waals surface area contributed by atoms with Gasteiger partial charge < -0.3 is 4.74 Å². The average molecular weight is 413 g/mol. The first-order valence-corrected chi connectivity index (χ1v) is 8.86. The zero-order valence-electron chi connectivity index (χ0n) is 11.0. The van der Waals surface area contributed by atoms with Crippen molar-refractivity contribution in [2.24, 2.45) is 0 Å². The molecule has 0 aliphatic heterocycles. The van der Waals surface area contributed by atoms with Crippen LogP contribution in [0.15, 0.2) is 53.4 Å². The van der Waals surface area contributed by atoms with Gasteiger partial charge in [0.15, 0.2) is 9.84 Å². The Hall–Kier alpha value is -1.59. The van der Waals surface area contributed by atoms with Crippen LogP contribution in [0.2, 0.25) is 0 Å². The lowest BCUT2D eigenvalue weighted by atomic mass is 10.2. The topological polar surface area (TPSA) is 67.2 Å². The molecule has 4 nitrogen and oxygen atoms in total. The molecular weight excluding hydrogens is 401 g/mol. The summed E-state index contributed by atoms with van der Waals surface area (Å²) in [6.07, 6.45) is 0. The maximum atomic E-state index is 12.2. The number of ether oxygens (including phenoxy) is 1. The summed E-state index contributed by atoms with van der Waals surface area (Å²) in [5, 5.41) is 8.80. The molecule has 0 bridgehead atoms. The van der Waals surface area contributed by atoms with Gasteiger partial charge in [-0.3, -0.25) is 0 Å². The SMILES string of the molecule is N#Cc1cccc(S(=O)(=O)CCOc2ccc(I)cc2)c1. The summed E-state index contributed by atoms with van der Waals surface area (Å²) in [5.41, 5.74) is 0.328. The highest BCUT2D eigenvalue weighted by atomic mass is 127. The second-order valence-corrected chi connectivity index (χ2v) is 7.62. The molecule has 0 N–H and O–H groups in total. The lowest BCUT2D eigenvalue weighted by Crippen LogP contribution is -2.14. The van der Waals surface area contributed by atoms with Crippen LogP contribution in [0, 0.1) is 14.9 Å². The summed E-state index contributed by atoms with van der Waals surface area (Å²) in [5.74, 6) is 0.504. The summed E-state index contributed by atoms with van der Waals surface area (Å²) in [6, 6.07) is 15.3. The summed E-state index contributed by atoms with van der Waals surface area (Å²) in [4.78, 5) is 0.146. The third-order valence-electron chi connectivity index (χ3n) is 2.76. The molecular formula is C15H12INO3S. The molecule has 0 aromatic heterocycles. The van der Waals surface area contributed by atoms with Crippen molar-refractivity contribution < 1.29 is 13.2 Å². The first kappa shape index (κ1) is 15.8. The molecule has 0 amide bonds. The minimum atomic E-state index is -3.45. The minimum Gasteiger partial charge on any atom is -0.493 e. The van der Waals surface area contributed by atoms with Crippen LogP contribution in [0.25, 0.3) is 0 Å². The molecule has 0 radical (unpaired) electrons. The number of hydrogen-bond acceptors (Lipinski definition) is 4. The Morgan fingerprint density at radius 2 is 1.86 bits per heavy atom. The van der Waals surface area contributed by atoms with Gasteiger partial charge in [-0.15, -0.1) is 0 Å². The largest absolute Gasteiger partial charge is 0.493 e. The zero-order chi connectivity index (χ0) is 15.3. The Kier molecular flexibility index (Phi) is 5.20. The molecule has 0 aliphatic rings. The van der Waals surface area contributed by atoms with Gasteiger partial charge in [0.2, 0.25) is 0 Å². The normalized spacial score (nSPS) is 10.9. The van der Waals surface area contributed by atoms with Gasteiger partial charge in [-0.2, -0.15) is 5.26 Å². The molecule has 0 fully saturated rings. The lowest BCUT2D eigenvalue weighted by molar-refractivity contribution is 0.341. The van der Waals surface area contributed by atoms with E-state index in [2.05, 4.69) is 22.6 Å². The highest BCUT2D eigenvalue weighted by molar-refractivity contribution is 14.1. The number of nitrogens with zero attached hydrogens (tertiary/aromatic N) is 1. The Morgan fingerprint density at radius 3 is 2.52 bits per heavy atom. The molecule has 0 unspecified atom stereocenters. The van der Waals surface area contributed by atoms with Gasteiger partial charge in [0.25, 0.3) is 0 Å². The van der Waals surface area contributed by atoms with E-state index in [1.54, 1.807) is 24.3 Å². The van der Waals surface area contributed by atoms with Crippen LogP contribution in [0.4, 0.5) is 0 Å². The molecule has 2 aromatic rings. The maximum absolute atomic E-state index is 12.2. The molecule has 0 saturated carbocycles. The second kappa shape index (κ2) is 6.91. The number of sulfone groups is 1. The van der Waals surface area contributed by atoms with Crippen molar-refractivity contribution in [1.29, 1.82) is 5.26 Å². The highest BCUT2D eigenvalue weighted by Gasteiger charge is 2.15. The Bertz CT molecular complexity index is 764. The highest BCUT2D eigenvalue weighted by Crippen LogP contribution is 2.15. The van der Waals surface area contributed by atoms with Crippen molar-refractivity contribution in [3.8, 4) is 11.8 Å². The second-order valence-electron chi connectivity index (χ2n) is 4.26. The van der Waals surface area contributed by atoms with Crippen LogP contribution in [0.5, 0.6) is 5.75 Å². The van der Waals surface area contributed by atoms with Gasteiger partial charge in [0.05, 0.1) is 22.3 Å². The predicted molar refractivity (Wildman–Crippen MR) is 87.9 cm³/mol. The summed E-state index contributed by atoms with van der Waals surface area (Å²) < 4.78 is 30.8. The van der Waals surface area contributed by atoms with E-state index < -0.39 is 9.84 Å². The fourth-order valence-corrected chi connectivity index (χ4v) is 3.17. The van der Waals surface area contributed by atoms with Crippen molar-refractivity contribution in [2.45, 2.75) is 4.90 Å². The van der Waals surface area contributed by atoms with E-state index >= 15 is 0 Å². The van der Waals surface area contributed by atoms with Crippen LogP contribution < -0.4 is 4.74 Å². The molecule has 21 heavy (non-hydrogen) atoms. The fourth-order valence-electron chi connectivity index (χ4n) is 1.68. The molecule has 0 spiro atoms. The first-order valence-electron chi connectivity index (χ1n) is 6.12. The van der Waals surface area contributed by atoms with E-state index in [0.717, 1.165) is 3.57 Å². The van der Waals surface area contributed by atoms with Crippen LogP contribution in [0.3, 0.4) is 0 Å².